The number of amides is 2. The van der Waals surface area contributed by atoms with E-state index in [0.29, 0.717) is 25.9 Å². The first-order valence-corrected chi connectivity index (χ1v) is 13.7. The maximum absolute atomic E-state index is 13.0. The van der Waals surface area contributed by atoms with Gasteiger partial charge in [0.15, 0.2) is 0 Å². The molecule has 1 atom stereocenters. The number of hydrogen-bond donors (Lipinski definition) is 1. The number of piperidine rings is 1. The van der Waals surface area contributed by atoms with Crippen molar-refractivity contribution in [1.82, 2.24) is 9.80 Å². The second-order valence-corrected chi connectivity index (χ2v) is 13.1. The lowest BCUT2D eigenvalue weighted by molar-refractivity contribution is -0.136. The van der Waals surface area contributed by atoms with Gasteiger partial charge in [-0.1, -0.05) is 85.9 Å². The molecule has 1 aromatic heterocycles. The molecule has 1 fully saturated rings. The third-order valence-corrected chi connectivity index (χ3v) is 6.75. The number of nitrogens with two attached hydrogens (primary N) is 1. The van der Waals surface area contributed by atoms with E-state index in [1.165, 1.54) is 17.2 Å². The molecular weight excluding hydrogens is 604 g/mol. The van der Waals surface area contributed by atoms with E-state index in [2.05, 4.69) is 0 Å². The zero-order valence-corrected chi connectivity index (χ0v) is 25.7. The van der Waals surface area contributed by atoms with E-state index in [-0.39, 0.29) is 54.4 Å². The molecule has 0 bridgehead atoms. The number of ether oxygens (including phenoxy) is 2. The summed E-state index contributed by atoms with van der Waals surface area (Å²) in [5, 5.41) is 0. The molecule has 2 N–H and O–H groups in total. The first-order valence-electron chi connectivity index (χ1n) is 12.6. The maximum Gasteiger partial charge on any atom is 0.410 e. The molecule has 0 saturated carbocycles. The third-order valence-electron chi connectivity index (χ3n) is 6.43. The van der Waals surface area contributed by atoms with Gasteiger partial charge in [-0.05, 0) is 23.8 Å². The third kappa shape index (κ3) is 10.0. The maximum atomic E-state index is 13.0. The van der Waals surface area contributed by atoms with Crippen molar-refractivity contribution in [2.24, 2.45) is 11.1 Å². The normalized spacial score (nSPS) is 15.1. The molecule has 40 heavy (non-hydrogen) atoms. The van der Waals surface area contributed by atoms with Crippen molar-refractivity contribution in [3.05, 3.63) is 64.2 Å². The summed E-state index contributed by atoms with van der Waals surface area (Å²) in [7, 11) is 0. The highest BCUT2D eigenvalue weighted by atomic mass is 35.6. The Labute approximate surface area is 255 Å². The average molecular weight is 639 g/mol. The van der Waals surface area contributed by atoms with Gasteiger partial charge in [0.2, 0.25) is 20.9 Å². The molecule has 2 heterocycles. The molecule has 1 aliphatic rings. The Morgan fingerprint density at radius 2 is 1.77 bits per heavy atom. The van der Waals surface area contributed by atoms with Gasteiger partial charge in [-0.3, -0.25) is 14.5 Å². The minimum Gasteiger partial charge on any atom is -0.482 e. The molecule has 0 aliphatic carbocycles. The molecule has 0 unspecified atom stereocenters. The molecule has 13 heteroatoms. The summed E-state index contributed by atoms with van der Waals surface area (Å²) in [6.07, 6.45) is 1.42. The van der Waals surface area contributed by atoms with Gasteiger partial charge in [0.25, 0.3) is 0 Å². The molecule has 0 spiro atoms. The van der Waals surface area contributed by atoms with Gasteiger partial charge in [-0.15, -0.1) is 12.4 Å². The minimum atomic E-state index is -1.79. The van der Waals surface area contributed by atoms with Crippen LogP contribution in [0, 0.1) is 5.41 Å². The number of rotatable bonds is 8. The Kier molecular flexibility index (Phi) is 12.5. The number of carbonyl (C=O) groups excluding carboxylic acids is 2. The summed E-state index contributed by atoms with van der Waals surface area (Å²) in [6, 6.07) is 9.72. The summed E-state index contributed by atoms with van der Waals surface area (Å²) in [4.78, 5) is 41.7. The lowest BCUT2D eigenvalue weighted by atomic mass is 9.86. The number of alkyl halides is 3. The monoisotopic (exact) mass is 637 g/mol. The van der Waals surface area contributed by atoms with E-state index in [9.17, 15) is 14.4 Å². The van der Waals surface area contributed by atoms with E-state index >= 15 is 0 Å². The lowest BCUT2D eigenvalue weighted by Gasteiger charge is -2.40. The average Bonchev–Trinajstić information content (AvgIpc) is 2.89. The number of carbonyl (C=O) groups is 2. The molecule has 9 nitrogen and oxygen atoms in total. The molecule has 2 amide bonds. The van der Waals surface area contributed by atoms with Gasteiger partial charge in [0.1, 0.15) is 25.2 Å². The van der Waals surface area contributed by atoms with Crippen molar-refractivity contribution in [3.8, 4) is 5.75 Å². The van der Waals surface area contributed by atoms with Crippen LogP contribution in [0.25, 0.3) is 0 Å². The van der Waals surface area contributed by atoms with Crippen LogP contribution in [0.1, 0.15) is 44.9 Å². The Bertz CT molecular complexity index is 1180. The van der Waals surface area contributed by atoms with Crippen molar-refractivity contribution in [3.63, 3.8) is 0 Å². The van der Waals surface area contributed by atoms with Gasteiger partial charge in [-0.2, -0.15) is 0 Å². The zero-order chi connectivity index (χ0) is 28.8. The van der Waals surface area contributed by atoms with Crippen molar-refractivity contribution >= 4 is 59.2 Å². The molecule has 3 rings (SSSR count). The van der Waals surface area contributed by atoms with Gasteiger partial charge >= 0.3 is 6.09 Å². The number of likely N-dealkylation sites (tertiary alicyclic amines) is 1. The second kappa shape index (κ2) is 14.6. The summed E-state index contributed by atoms with van der Waals surface area (Å²) in [6.45, 7) is 6.23. The summed E-state index contributed by atoms with van der Waals surface area (Å²) in [5.74, 6) is 0.143. The van der Waals surface area contributed by atoms with Crippen LogP contribution >= 0.6 is 47.2 Å². The van der Waals surface area contributed by atoms with Crippen LogP contribution in [0.15, 0.2) is 51.9 Å². The highest BCUT2D eigenvalue weighted by Gasteiger charge is 2.36. The molecule has 222 valence electrons. The number of halogens is 4. The molecule has 1 aliphatic heterocycles. The Morgan fingerprint density at radius 3 is 2.33 bits per heavy atom. The Hall–Kier alpha value is -2.17. The predicted octanol–water partition coefficient (Wildman–Crippen LogP) is 5.31. The summed E-state index contributed by atoms with van der Waals surface area (Å²) in [5.41, 5.74) is 6.30. The van der Waals surface area contributed by atoms with Crippen molar-refractivity contribution in [2.75, 3.05) is 19.7 Å². The fraction of sp³-hybridized carbons (Fsp3) is 0.519. The van der Waals surface area contributed by atoms with Crippen LogP contribution in [-0.4, -0.2) is 57.4 Å². The largest absolute Gasteiger partial charge is 0.482 e. The van der Waals surface area contributed by atoms with Crippen LogP contribution in [0.2, 0.25) is 0 Å². The van der Waals surface area contributed by atoms with Crippen LogP contribution < -0.4 is 15.9 Å². The van der Waals surface area contributed by atoms with Crippen molar-refractivity contribution in [2.45, 2.75) is 62.6 Å². The summed E-state index contributed by atoms with van der Waals surface area (Å²) >= 11 is 17.3. The number of hydrogen-bond acceptors (Lipinski definition) is 7. The Balaban J connectivity index is 0.00000560. The van der Waals surface area contributed by atoms with E-state index in [1.807, 2.05) is 51.1 Å². The highest BCUT2D eigenvalue weighted by Crippen LogP contribution is 2.28. The van der Waals surface area contributed by atoms with E-state index in [4.69, 9.17) is 54.4 Å². The van der Waals surface area contributed by atoms with Gasteiger partial charge in [0.05, 0.1) is 12.6 Å². The van der Waals surface area contributed by atoms with Crippen LogP contribution in [0.5, 0.6) is 5.75 Å². The van der Waals surface area contributed by atoms with Crippen LogP contribution in [-0.2, 0) is 22.7 Å². The molecule has 1 aromatic carbocycles. The fourth-order valence-electron chi connectivity index (χ4n) is 4.06. The van der Waals surface area contributed by atoms with Gasteiger partial charge in [-0.25, -0.2) is 4.79 Å². The number of nitrogens with zero attached hydrogens (tertiary/aromatic N) is 2. The van der Waals surface area contributed by atoms with Crippen LogP contribution in [0.4, 0.5) is 4.79 Å². The van der Waals surface area contributed by atoms with E-state index in [0.717, 1.165) is 5.56 Å². The van der Waals surface area contributed by atoms with Crippen LogP contribution in [0.3, 0.4) is 0 Å². The topological polar surface area (TPSA) is 115 Å². The zero-order valence-electron chi connectivity index (χ0n) is 22.6. The smallest absolute Gasteiger partial charge is 0.410 e. The first-order chi connectivity index (χ1) is 18.2. The highest BCUT2D eigenvalue weighted by molar-refractivity contribution is 6.67. The molecule has 0 radical (unpaired) electrons. The first kappa shape index (κ1) is 34.0. The fourth-order valence-corrected chi connectivity index (χ4v) is 4.23. The van der Waals surface area contributed by atoms with Crippen molar-refractivity contribution in [1.29, 1.82) is 0 Å². The predicted molar refractivity (Wildman–Crippen MR) is 157 cm³/mol. The molecule has 1 saturated heterocycles. The second-order valence-electron chi connectivity index (χ2n) is 10.5. The van der Waals surface area contributed by atoms with E-state index < -0.39 is 28.0 Å². The number of benzene rings is 1. The quantitative estimate of drug-likeness (QED) is 0.390. The van der Waals surface area contributed by atoms with Gasteiger partial charge < -0.3 is 24.5 Å². The minimum absolute atomic E-state index is 0. The SMILES string of the molecule is CC(C)(C)[C@H](N)C(=O)N1CCC(N(Cc2cc(=O)c(OCc3ccccc3)co2)C(=O)OCC(Cl)(Cl)Cl)CC1.Cl. The van der Waals surface area contributed by atoms with Crippen molar-refractivity contribution < 1.29 is 23.5 Å². The Morgan fingerprint density at radius 1 is 1.15 bits per heavy atom. The van der Waals surface area contributed by atoms with E-state index in [1.54, 1.807) is 4.90 Å². The molecule has 2 aromatic rings. The molecular formula is C27H35Cl4N3O6. The van der Waals surface area contributed by atoms with Gasteiger partial charge in [0, 0.05) is 25.2 Å². The lowest BCUT2D eigenvalue weighted by Crippen LogP contribution is -2.55. The standard InChI is InChI=1S/C27H34Cl3N3O6.ClH/c1-26(2,3)23(31)24(35)32-11-9-19(10-12-32)33(25(36)39-17-27(28,29)30)14-20-13-21(34)22(16-37-20)38-15-18-7-5-4-6-8-18;/h4-8,13,16,19,23H,9-12,14-15,17,31H2,1-3H3;1H/t23-;/m1./s1. The summed E-state index contributed by atoms with van der Waals surface area (Å²) < 4.78 is 14.7.